The maximum Gasteiger partial charge on any atom is 0.178 e. The Bertz CT molecular complexity index is 493. The summed E-state index contributed by atoms with van der Waals surface area (Å²) in [4.78, 5) is 16.9. The topological polar surface area (TPSA) is 30.0 Å². The summed E-state index contributed by atoms with van der Waals surface area (Å²) < 4.78 is 0. The van der Waals surface area contributed by atoms with E-state index in [1.807, 2.05) is 12.1 Å². The van der Waals surface area contributed by atoms with Gasteiger partial charge in [0.1, 0.15) is 0 Å². The van der Waals surface area contributed by atoms with Crippen LogP contribution in [0.15, 0.2) is 36.0 Å². The molecule has 16 heavy (non-hydrogen) atoms. The molecule has 0 aliphatic heterocycles. The number of thiazole rings is 1. The molecule has 1 aliphatic rings. The van der Waals surface area contributed by atoms with Gasteiger partial charge in [0.15, 0.2) is 5.78 Å². The Morgan fingerprint density at radius 1 is 1.25 bits per heavy atom. The van der Waals surface area contributed by atoms with Crippen molar-refractivity contribution < 1.29 is 4.79 Å². The first-order chi connectivity index (χ1) is 7.84. The van der Waals surface area contributed by atoms with Crippen LogP contribution in [0.4, 0.5) is 0 Å². The fourth-order valence-electron chi connectivity index (χ4n) is 2.28. The minimum absolute atomic E-state index is 0.123. The second kappa shape index (κ2) is 3.83. The molecule has 0 spiro atoms. The Labute approximate surface area is 98.0 Å². The SMILES string of the molecule is O=C(c1cncs1)C1Cc2ccccc2C1. The van der Waals surface area contributed by atoms with E-state index >= 15 is 0 Å². The minimum atomic E-state index is 0.123. The van der Waals surface area contributed by atoms with Gasteiger partial charge in [-0.1, -0.05) is 24.3 Å². The number of fused-ring (bicyclic) bond motifs is 1. The lowest BCUT2D eigenvalue weighted by molar-refractivity contribution is 0.0928. The lowest BCUT2D eigenvalue weighted by Crippen LogP contribution is -2.13. The summed E-state index contributed by atoms with van der Waals surface area (Å²) in [6.07, 6.45) is 3.44. The molecule has 1 aromatic carbocycles. The molecule has 0 saturated carbocycles. The molecule has 3 rings (SSSR count). The van der Waals surface area contributed by atoms with Crippen molar-refractivity contribution in [1.82, 2.24) is 4.98 Å². The molecular formula is C13H11NOS. The largest absolute Gasteiger partial charge is 0.293 e. The van der Waals surface area contributed by atoms with Gasteiger partial charge in [-0.05, 0) is 24.0 Å². The maximum atomic E-state index is 12.1. The van der Waals surface area contributed by atoms with E-state index in [1.165, 1.54) is 22.5 Å². The average molecular weight is 229 g/mol. The minimum Gasteiger partial charge on any atom is -0.293 e. The van der Waals surface area contributed by atoms with E-state index in [4.69, 9.17) is 0 Å². The van der Waals surface area contributed by atoms with Gasteiger partial charge in [0.05, 0.1) is 10.4 Å². The Balaban J connectivity index is 1.84. The van der Waals surface area contributed by atoms with E-state index < -0.39 is 0 Å². The van der Waals surface area contributed by atoms with Gasteiger partial charge in [-0.25, -0.2) is 0 Å². The van der Waals surface area contributed by atoms with Crippen molar-refractivity contribution in [2.24, 2.45) is 5.92 Å². The predicted octanol–water partition coefficient (Wildman–Crippen LogP) is 2.74. The Hall–Kier alpha value is -1.48. The van der Waals surface area contributed by atoms with Crippen molar-refractivity contribution in [3.05, 3.63) is 52.0 Å². The first kappa shape index (κ1) is 9.73. The molecule has 1 aliphatic carbocycles. The quantitative estimate of drug-likeness (QED) is 0.741. The zero-order valence-corrected chi connectivity index (χ0v) is 9.54. The van der Waals surface area contributed by atoms with Gasteiger partial charge in [0.2, 0.25) is 0 Å². The van der Waals surface area contributed by atoms with E-state index in [0.717, 1.165) is 17.7 Å². The average Bonchev–Trinajstić information content (AvgIpc) is 2.97. The fourth-order valence-corrected chi connectivity index (χ4v) is 2.92. The number of carbonyl (C=O) groups excluding carboxylic acids is 1. The van der Waals surface area contributed by atoms with E-state index in [2.05, 4.69) is 17.1 Å². The molecule has 0 radical (unpaired) electrons. The van der Waals surface area contributed by atoms with Gasteiger partial charge < -0.3 is 0 Å². The Morgan fingerprint density at radius 2 is 1.94 bits per heavy atom. The second-order valence-corrected chi connectivity index (χ2v) is 4.99. The smallest absolute Gasteiger partial charge is 0.178 e. The fraction of sp³-hybridized carbons (Fsp3) is 0.231. The lowest BCUT2D eigenvalue weighted by Gasteiger charge is -2.04. The predicted molar refractivity (Wildman–Crippen MR) is 63.8 cm³/mol. The highest BCUT2D eigenvalue weighted by atomic mass is 32.1. The van der Waals surface area contributed by atoms with Crippen LogP contribution in [0.1, 0.15) is 20.8 Å². The van der Waals surface area contributed by atoms with Crippen LogP contribution < -0.4 is 0 Å². The summed E-state index contributed by atoms with van der Waals surface area (Å²) >= 11 is 1.44. The van der Waals surface area contributed by atoms with Crippen LogP contribution in [0.3, 0.4) is 0 Å². The van der Waals surface area contributed by atoms with Gasteiger partial charge in [-0.2, -0.15) is 0 Å². The second-order valence-electron chi connectivity index (χ2n) is 4.10. The van der Waals surface area contributed by atoms with Crippen molar-refractivity contribution in [2.75, 3.05) is 0 Å². The molecule has 2 aromatic rings. The monoisotopic (exact) mass is 229 g/mol. The summed E-state index contributed by atoms with van der Waals surface area (Å²) in [5, 5.41) is 0. The van der Waals surface area contributed by atoms with Crippen molar-refractivity contribution in [2.45, 2.75) is 12.8 Å². The molecule has 2 nitrogen and oxygen atoms in total. The van der Waals surface area contributed by atoms with Crippen molar-refractivity contribution in [1.29, 1.82) is 0 Å². The molecule has 1 heterocycles. The number of ketones is 1. The van der Waals surface area contributed by atoms with Gasteiger partial charge in [-0.15, -0.1) is 11.3 Å². The van der Waals surface area contributed by atoms with Crippen LogP contribution in [0.25, 0.3) is 0 Å². The first-order valence-corrected chi connectivity index (χ1v) is 6.22. The molecule has 0 N–H and O–H groups in total. The Kier molecular flexibility index (Phi) is 2.33. The third-order valence-corrected chi connectivity index (χ3v) is 3.88. The van der Waals surface area contributed by atoms with Gasteiger partial charge in [0, 0.05) is 12.1 Å². The lowest BCUT2D eigenvalue weighted by atomic mass is 10.0. The van der Waals surface area contributed by atoms with E-state index in [-0.39, 0.29) is 11.7 Å². The molecule has 0 atom stereocenters. The Morgan fingerprint density at radius 3 is 2.50 bits per heavy atom. The summed E-state index contributed by atoms with van der Waals surface area (Å²) in [5.41, 5.74) is 4.37. The normalized spacial score (nSPS) is 15.0. The number of Topliss-reactive ketones (excluding diaryl/α,β-unsaturated/α-hetero) is 1. The number of hydrogen-bond donors (Lipinski definition) is 0. The standard InChI is InChI=1S/C13H11NOS/c15-13(12-7-14-8-16-12)11-5-9-3-1-2-4-10(9)6-11/h1-4,7-8,11H,5-6H2. The van der Waals surface area contributed by atoms with Crippen molar-refractivity contribution in [3.8, 4) is 0 Å². The molecule has 1 aromatic heterocycles. The summed E-state index contributed by atoms with van der Waals surface area (Å²) in [6.45, 7) is 0. The van der Waals surface area contributed by atoms with Gasteiger partial charge >= 0.3 is 0 Å². The molecule has 0 fully saturated rings. The van der Waals surface area contributed by atoms with Crippen LogP contribution in [0.5, 0.6) is 0 Å². The zero-order valence-electron chi connectivity index (χ0n) is 8.72. The van der Waals surface area contributed by atoms with E-state index in [9.17, 15) is 4.79 Å². The number of rotatable bonds is 2. The van der Waals surface area contributed by atoms with Crippen LogP contribution in [0.2, 0.25) is 0 Å². The molecule has 0 saturated heterocycles. The first-order valence-electron chi connectivity index (χ1n) is 5.34. The van der Waals surface area contributed by atoms with Crippen LogP contribution in [-0.4, -0.2) is 10.8 Å². The van der Waals surface area contributed by atoms with Gasteiger partial charge in [0.25, 0.3) is 0 Å². The highest BCUT2D eigenvalue weighted by molar-refractivity contribution is 7.11. The maximum absolute atomic E-state index is 12.1. The molecule has 3 heteroatoms. The zero-order chi connectivity index (χ0) is 11.0. The van der Waals surface area contributed by atoms with Crippen LogP contribution >= 0.6 is 11.3 Å². The molecule has 0 amide bonds. The van der Waals surface area contributed by atoms with E-state index in [0.29, 0.717) is 0 Å². The summed E-state index contributed by atoms with van der Waals surface area (Å²) in [7, 11) is 0. The highest BCUT2D eigenvalue weighted by Crippen LogP contribution is 2.29. The number of nitrogens with zero attached hydrogens (tertiary/aromatic N) is 1. The molecule has 0 bridgehead atoms. The van der Waals surface area contributed by atoms with Crippen molar-refractivity contribution in [3.63, 3.8) is 0 Å². The van der Waals surface area contributed by atoms with E-state index in [1.54, 1.807) is 11.7 Å². The number of hydrogen-bond acceptors (Lipinski definition) is 3. The molecule has 0 unspecified atom stereocenters. The highest BCUT2D eigenvalue weighted by Gasteiger charge is 2.28. The van der Waals surface area contributed by atoms with Crippen LogP contribution in [-0.2, 0) is 12.8 Å². The molecular weight excluding hydrogens is 218 g/mol. The third-order valence-electron chi connectivity index (χ3n) is 3.10. The number of carbonyl (C=O) groups is 1. The van der Waals surface area contributed by atoms with Crippen LogP contribution in [0, 0.1) is 5.92 Å². The number of aromatic nitrogens is 1. The molecule has 80 valence electrons. The summed E-state index contributed by atoms with van der Waals surface area (Å²) in [5.74, 6) is 0.372. The van der Waals surface area contributed by atoms with Gasteiger partial charge in [-0.3, -0.25) is 9.78 Å². The summed E-state index contributed by atoms with van der Waals surface area (Å²) in [6, 6.07) is 8.32. The third kappa shape index (κ3) is 1.57. The van der Waals surface area contributed by atoms with Crippen molar-refractivity contribution >= 4 is 17.1 Å². The number of benzene rings is 1.